The first-order valence-corrected chi connectivity index (χ1v) is 7.14. The number of hydrogen-bond acceptors (Lipinski definition) is 5. The summed E-state index contributed by atoms with van der Waals surface area (Å²) in [4.78, 5) is 8.25. The van der Waals surface area contributed by atoms with E-state index in [0.717, 1.165) is 5.56 Å². The predicted octanol–water partition coefficient (Wildman–Crippen LogP) is 0.649. The van der Waals surface area contributed by atoms with Gasteiger partial charge in [0, 0.05) is 12.4 Å². The van der Waals surface area contributed by atoms with Crippen molar-refractivity contribution in [2.24, 2.45) is 5.73 Å². The van der Waals surface area contributed by atoms with E-state index >= 15 is 0 Å². The van der Waals surface area contributed by atoms with Gasteiger partial charge >= 0.3 is 0 Å². The first kappa shape index (κ1) is 14.3. The van der Waals surface area contributed by atoms with Gasteiger partial charge in [0.15, 0.2) is 0 Å². The van der Waals surface area contributed by atoms with Gasteiger partial charge in [-0.2, -0.15) is 0 Å². The zero-order valence-electron chi connectivity index (χ0n) is 9.37. The summed E-state index contributed by atoms with van der Waals surface area (Å²) in [6, 6.07) is 0. The quantitative estimate of drug-likeness (QED) is 0.858. The fourth-order valence-corrected chi connectivity index (χ4v) is 3.40. The highest BCUT2D eigenvalue weighted by molar-refractivity contribution is 7.91. The Morgan fingerprint density at radius 3 is 2.24 bits per heavy atom. The monoisotopic (exact) mass is 277 g/mol. The second-order valence-corrected chi connectivity index (χ2v) is 6.37. The zero-order valence-corrected chi connectivity index (χ0v) is 11.0. The van der Waals surface area contributed by atoms with Gasteiger partial charge in [0.2, 0.25) is 0 Å². The first-order valence-electron chi connectivity index (χ1n) is 5.32. The van der Waals surface area contributed by atoms with Crippen molar-refractivity contribution in [3.05, 3.63) is 23.8 Å². The summed E-state index contributed by atoms with van der Waals surface area (Å²) in [7, 11) is -2.80. The number of aromatic nitrogens is 2. The number of rotatable bonds is 2. The first-order chi connectivity index (χ1) is 7.61. The molecule has 17 heavy (non-hydrogen) atoms. The number of nitrogens with two attached hydrogens (primary N) is 1. The SMILES string of the molecule is Cl.NCc1ncc(C2CCS(=O)(=O)CC2)cn1. The predicted molar refractivity (Wildman–Crippen MR) is 67.8 cm³/mol. The molecule has 7 heteroatoms. The van der Waals surface area contributed by atoms with Gasteiger partial charge in [-0.15, -0.1) is 12.4 Å². The van der Waals surface area contributed by atoms with Crippen molar-refractivity contribution in [2.75, 3.05) is 11.5 Å². The molecule has 1 saturated heterocycles. The molecule has 2 N–H and O–H groups in total. The van der Waals surface area contributed by atoms with Crippen LogP contribution in [0.25, 0.3) is 0 Å². The van der Waals surface area contributed by atoms with Crippen LogP contribution in [0.5, 0.6) is 0 Å². The summed E-state index contributed by atoms with van der Waals surface area (Å²) >= 11 is 0. The van der Waals surface area contributed by atoms with Crippen LogP contribution < -0.4 is 5.73 Å². The van der Waals surface area contributed by atoms with Crippen molar-refractivity contribution >= 4 is 22.2 Å². The molecular formula is C10H16ClN3O2S. The Balaban J connectivity index is 0.00000144. The van der Waals surface area contributed by atoms with Crippen LogP contribution >= 0.6 is 12.4 Å². The Labute approximate surface area is 107 Å². The zero-order chi connectivity index (χ0) is 11.6. The lowest BCUT2D eigenvalue weighted by Crippen LogP contribution is -2.22. The van der Waals surface area contributed by atoms with E-state index in [9.17, 15) is 8.42 Å². The Morgan fingerprint density at radius 2 is 1.76 bits per heavy atom. The Bertz CT molecular complexity index is 447. The maximum Gasteiger partial charge on any atom is 0.150 e. The van der Waals surface area contributed by atoms with Crippen molar-refractivity contribution in [2.45, 2.75) is 25.3 Å². The minimum Gasteiger partial charge on any atom is -0.324 e. The lowest BCUT2D eigenvalue weighted by Gasteiger charge is -2.21. The molecule has 96 valence electrons. The summed E-state index contributed by atoms with van der Waals surface area (Å²) in [5, 5.41) is 0. The summed E-state index contributed by atoms with van der Waals surface area (Å²) in [6.07, 6.45) is 4.87. The molecule has 5 nitrogen and oxygen atoms in total. The standard InChI is InChI=1S/C10H15N3O2S.ClH/c11-5-10-12-6-9(7-13-10)8-1-3-16(14,15)4-2-8;/h6-8H,1-5,11H2;1H. The Kier molecular flexibility index (Phi) is 4.85. The van der Waals surface area contributed by atoms with Gasteiger partial charge in [-0.25, -0.2) is 18.4 Å². The Hall–Kier alpha value is -0.720. The Morgan fingerprint density at radius 1 is 1.24 bits per heavy atom. The molecule has 0 saturated carbocycles. The van der Waals surface area contributed by atoms with Crippen LogP contribution in [-0.4, -0.2) is 29.9 Å². The molecule has 2 rings (SSSR count). The van der Waals surface area contributed by atoms with Gasteiger partial charge in [-0.05, 0) is 24.3 Å². The van der Waals surface area contributed by atoms with E-state index in [-0.39, 0.29) is 29.8 Å². The smallest absolute Gasteiger partial charge is 0.150 e. The molecule has 1 aromatic heterocycles. The van der Waals surface area contributed by atoms with Crippen LogP contribution in [0.2, 0.25) is 0 Å². The van der Waals surface area contributed by atoms with E-state index in [1.807, 2.05) is 0 Å². The van der Waals surface area contributed by atoms with Gasteiger partial charge in [0.05, 0.1) is 18.1 Å². The van der Waals surface area contributed by atoms with E-state index in [1.165, 1.54) is 0 Å². The molecule has 1 aromatic rings. The largest absolute Gasteiger partial charge is 0.324 e. The van der Waals surface area contributed by atoms with Crippen LogP contribution in [0.4, 0.5) is 0 Å². The van der Waals surface area contributed by atoms with Gasteiger partial charge < -0.3 is 5.73 Å². The summed E-state index contributed by atoms with van der Waals surface area (Å²) in [5.41, 5.74) is 6.43. The summed E-state index contributed by atoms with van der Waals surface area (Å²) in [5.74, 6) is 1.44. The number of nitrogens with zero attached hydrogens (tertiary/aromatic N) is 2. The van der Waals surface area contributed by atoms with E-state index in [4.69, 9.17) is 5.73 Å². The van der Waals surface area contributed by atoms with Gasteiger partial charge in [0.25, 0.3) is 0 Å². The molecule has 1 aliphatic rings. The molecule has 0 unspecified atom stereocenters. The highest BCUT2D eigenvalue weighted by Crippen LogP contribution is 2.27. The highest BCUT2D eigenvalue weighted by atomic mass is 35.5. The third-order valence-electron chi connectivity index (χ3n) is 2.93. The maximum atomic E-state index is 11.3. The molecule has 0 radical (unpaired) electrons. The normalized spacial score (nSPS) is 19.6. The highest BCUT2D eigenvalue weighted by Gasteiger charge is 2.24. The maximum absolute atomic E-state index is 11.3. The van der Waals surface area contributed by atoms with Crippen molar-refractivity contribution < 1.29 is 8.42 Å². The second kappa shape index (κ2) is 5.75. The van der Waals surface area contributed by atoms with Crippen molar-refractivity contribution in [3.8, 4) is 0 Å². The van der Waals surface area contributed by atoms with E-state index in [2.05, 4.69) is 9.97 Å². The fraction of sp³-hybridized carbons (Fsp3) is 0.600. The molecule has 0 spiro atoms. The average molecular weight is 278 g/mol. The van der Waals surface area contributed by atoms with Crippen LogP contribution in [-0.2, 0) is 16.4 Å². The molecule has 2 heterocycles. The van der Waals surface area contributed by atoms with E-state index in [0.29, 0.717) is 25.2 Å². The van der Waals surface area contributed by atoms with Crippen LogP contribution in [0.1, 0.15) is 30.1 Å². The molecule has 0 aromatic carbocycles. The van der Waals surface area contributed by atoms with Crippen molar-refractivity contribution in [3.63, 3.8) is 0 Å². The lowest BCUT2D eigenvalue weighted by molar-refractivity contribution is 0.548. The van der Waals surface area contributed by atoms with E-state index < -0.39 is 9.84 Å². The van der Waals surface area contributed by atoms with E-state index in [1.54, 1.807) is 12.4 Å². The minimum absolute atomic E-state index is 0. The number of halogens is 1. The minimum atomic E-state index is -2.80. The van der Waals surface area contributed by atoms with Crippen LogP contribution in [0.3, 0.4) is 0 Å². The molecule has 0 amide bonds. The fourth-order valence-electron chi connectivity index (χ4n) is 1.90. The molecular weight excluding hydrogens is 262 g/mol. The molecule has 0 atom stereocenters. The third kappa shape index (κ3) is 3.62. The average Bonchev–Trinajstić information content (AvgIpc) is 2.29. The third-order valence-corrected chi connectivity index (χ3v) is 4.65. The van der Waals surface area contributed by atoms with Gasteiger partial charge in [-0.3, -0.25) is 0 Å². The summed E-state index contributed by atoms with van der Waals surface area (Å²) < 4.78 is 22.6. The lowest BCUT2D eigenvalue weighted by atomic mass is 9.96. The topological polar surface area (TPSA) is 85.9 Å². The van der Waals surface area contributed by atoms with Gasteiger partial charge in [-0.1, -0.05) is 0 Å². The van der Waals surface area contributed by atoms with Crippen LogP contribution in [0.15, 0.2) is 12.4 Å². The van der Waals surface area contributed by atoms with Crippen molar-refractivity contribution in [1.82, 2.24) is 9.97 Å². The number of hydrogen-bond donors (Lipinski definition) is 1. The molecule has 0 aliphatic carbocycles. The number of sulfone groups is 1. The second-order valence-electron chi connectivity index (χ2n) is 4.06. The van der Waals surface area contributed by atoms with Crippen molar-refractivity contribution in [1.29, 1.82) is 0 Å². The molecule has 1 fully saturated rings. The molecule has 0 bridgehead atoms. The summed E-state index contributed by atoms with van der Waals surface area (Å²) in [6.45, 7) is 0.333. The van der Waals surface area contributed by atoms with Crippen LogP contribution in [0, 0.1) is 0 Å². The van der Waals surface area contributed by atoms with Gasteiger partial charge in [0.1, 0.15) is 15.7 Å². The molecule has 1 aliphatic heterocycles.